The van der Waals surface area contributed by atoms with Crippen LogP contribution >= 0.6 is 11.6 Å². The molecule has 1 nitrogen and oxygen atoms in total. The van der Waals surface area contributed by atoms with E-state index in [1.807, 2.05) is 6.07 Å². The van der Waals surface area contributed by atoms with E-state index in [0.29, 0.717) is 6.04 Å². The van der Waals surface area contributed by atoms with Crippen LogP contribution in [0.5, 0.6) is 0 Å². The molecule has 4 rings (SSSR count). The fraction of sp³-hybridized carbons (Fsp3) is 0.647. The summed E-state index contributed by atoms with van der Waals surface area (Å²) in [6.07, 6.45) is 8.37. The number of nitrogens with one attached hydrogen (secondary N) is 1. The molecule has 3 aliphatic carbocycles. The lowest BCUT2D eigenvalue weighted by atomic mass is 9.88. The molecule has 4 unspecified atom stereocenters. The summed E-state index contributed by atoms with van der Waals surface area (Å²) in [7, 11) is 0. The van der Waals surface area contributed by atoms with Gasteiger partial charge < -0.3 is 5.32 Å². The third-order valence-corrected chi connectivity index (χ3v) is 5.89. The van der Waals surface area contributed by atoms with Gasteiger partial charge in [0, 0.05) is 11.1 Å². The molecule has 0 spiro atoms. The largest absolute Gasteiger partial charge is 0.313 e. The molecule has 2 heteroatoms. The first-order chi connectivity index (χ1) is 9.28. The van der Waals surface area contributed by atoms with E-state index in [1.165, 1.54) is 49.8 Å². The van der Waals surface area contributed by atoms with Gasteiger partial charge in [-0.1, -0.05) is 24.1 Å². The zero-order valence-electron chi connectivity index (χ0n) is 11.4. The molecule has 102 valence electrons. The Hall–Kier alpha value is -0.530. The number of hydrogen-bond donors (Lipinski definition) is 1. The van der Waals surface area contributed by atoms with Gasteiger partial charge in [-0.2, -0.15) is 0 Å². The van der Waals surface area contributed by atoms with Crippen LogP contribution in [0.15, 0.2) is 18.2 Å². The molecule has 1 N–H and O–H groups in total. The van der Waals surface area contributed by atoms with Crippen LogP contribution in [-0.2, 0) is 12.8 Å². The Morgan fingerprint density at radius 3 is 2.79 bits per heavy atom. The van der Waals surface area contributed by atoms with E-state index in [4.69, 9.17) is 11.6 Å². The van der Waals surface area contributed by atoms with E-state index in [9.17, 15) is 0 Å². The summed E-state index contributed by atoms with van der Waals surface area (Å²) in [4.78, 5) is 0. The van der Waals surface area contributed by atoms with Crippen LogP contribution in [0.25, 0.3) is 0 Å². The van der Waals surface area contributed by atoms with Crippen molar-refractivity contribution in [2.24, 2.45) is 17.8 Å². The fourth-order valence-electron chi connectivity index (χ4n) is 4.68. The Labute approximate surface area is 120 Å². The molecule has 0 saturated heterocycles. The third kappa shape index (κ3) is 2.32. The quantitative estimate of drug-likeness (QED) is 0.884. The first kappa shape index (κ1) is 12.2. The van der Waals surface area contributed by atoms with E-state index in [2.05, 4.69) is 17.4 Å². The Morgan fingerprint density at radius 2 is 2.00 bits per heavy atom. The van der Waals surface area contributed by atoms with Crippen molar-refractivity contribution in [3.05, 3.63) is 34.3 Å². The van der Waals surface area contributed by atoms with E-state index in [0.717, 1.165) is 29.2 Å². The average molecular weight is 276 g/mol. The molecular weight excluding hydrogens is 254 g/mol. The van der Waals surface area contributed by atoms with Crippen molar-refractivity contribution >= 4 is 11.6 Å². The van der Waals surface area contributed by atoms with E-state index >= 15 is 0 Å². The number of hydrogen-bond acceptors (Lipinski definition) is 1. The van der Waals surface area contributed by atoms with Crippen LogP contribution in [0.2, 0.25) is 5.02 Å². The second-order valence-corrected chi connectivity index (χ2v) is 7.30. The van der Waals surface area contributed by atoms with Gasteiger partial charge in [0.15, 0.2) is 0 Å². The molecule has 3 aliphatic rings. The molecular formula is C17H22ClN. The molecule has 4 atom stereocenters. The van der Waals surface area contributed by atoms with Gasteiger partial charge in [-0.15, -0.1) is 0 Å². The van der Waals surface area contributed by atoms with Gasteiger partial charge in [-0.05, 0) is 79.7 Å². The summed E-state index contributed by atoms with van der Waals surface area (Å²) in [6.45, 7) is 1.24. The minimum absolute atomic E-state index is 0.646. The zero-order chi connectivity index (χ0) is 12.8. The Morgan fingerprint density at radius 1 is 1.11 bits per heavy atom. The molecule has 0 heterocycles. The molecule has 2 bridgehead atoms. The number of fused-ring (bicyclic) bond motifs is 3. The smallest absolute Gasteiger partial charge is 0.0408 e. The van der Waals surface area contributed by atoms with Gasteiger partial charge in [0.05, 0.1) is 0 Å². The van der Waals surface area contributed by atoms with Crippen LogP contribution in [0.3, 0.4) is 0 Å². The van der Waals surface area contributed by atoms with Crippen LogP contribution in [0.4, 0.5) is 0 Å². The fourth-order valence-corrected chi connectivity index (χ4v) is 4.87. The van der Waals surface area contributed by atoms with Gasteiger partial charge in [-0.25, -0.2) is 0 Å². The SMILES string of the molecule is Clc1ccc2c(c1)CC(NCC1CC3CCC1C3)C2. The van der Waals surface area contributed by atoms with Gasteiger partial charge in [0.1, 0.15) is 0 Å². The van der Waals surface area contributed by atoms with Crippen LogP contribution < -0.4 is 5.32 Å². The third-order valence-electron chi connectivity index (χ3n) is 5.65. The van der Waals surface area contributed by atoms with Gasteiger partial charge in [-0.3, -0.25) is 0 Å². The van der Waals surface area contributed by atoms with Crippen LogP contribution in [0.1, 0.15) is 36.8 Å². The summed E-state index contributed by atoms with van der Waals surface area (Å²) in [5.74, 6) is 3.07. The van der Waals surface area contributed by atoms with Gasteiger partial charge in [0.25, 0.3) is 0 Å². The predicted molar refractivity (Wildman–Crippen MR) is 79.6 cm³/mol. The maximum Gasteiger partial charge on any atom is 0.0408 e. The summed E-state index contributed by atoms with van der Waals surface area (Å²) in [6, 6.07) is 7.03. The highest BCUT2D eigenvalue weighted by Crippen LogP contribution is 2.48. The highest BCUT2D eigenvalue weighted by Gasteiger charge is 2.39. The topological polar surface area (TPSA) is 12.0 Å². The minimum atomic E-state index is 0.646. The van der Waals surface area contributed by atoms with Crippen molar-refractivity contribution in [3.8, 4) is 0 Å². The molecule has 19 heavy (non-hydrogen) atoms. The van der Waals surface area contributed by atoms with E-state index < -0.39 is 0 Å². The van der Waals surface area contributed by atoms with Crippen molar-refractivity contribution in [2.75, 3.05) is 6.54 Å². The lowest BCUT2D eigenvalue weighted by molar-refractivity contribution is 0.307. The molecule has 1 aromatic carbocycles. The second kappa shape index (κ2) is 4.79. The number of benzene rings is 1. The maximum atomic E-state index is 6.07. The number of rotatable bonds is 3. The maximum absolute atomic E-state index is 6.07. The Kier molecular flexibility index (Phi) is 3.08. The predicted octanol–water partition coefficient (Wildman–Crippen LogP) is 3.83. The molecule has 0 radical (unpaired) electrons. The molecule has 2 fully saturated rings. The average Bonchev–Trinajstić information content (AvgIpc) is 3.09. The number of halogens is 1. The molecule has 2 saturated carbocycles. The standard InChI is InChI=1S/C17H22ClN/c18-16-4-3-13-8-17(9-14(13)7-16)19-10-15-6-11-1-2-12(15)5-11/h3-4,7,11-12,15,17,19H,1-2,5-6,8-10H2. The first-order valence-electron chi connectivity index (χ1n) is 7.78. The van der Waals surface area contributed by atoms with Crippen LogP contribution in [0, 0.1) is 17.8 Å². The van der Waals surface area contributed by atoms with E-state index in [-0.39, 0.29) is 0 Å². The lowest BCUT2D eigenvalue weighted by Crippen LogP contribution is -2.35. The summed E-state index contributed by atoms with van der Waals surface area (Å²) < 4.78 is 0. The highest BCUT2D eigenvalue weighted by atomic mass is 35.5. The van der Waals surface area contributed by atoms with Crippen molar-refractivity contribution in [2.45, 2.75) is 44.6 Å². The highest BCUT2D eigenvalue weighted by molar-refractivity contribution is 6.30. The first-order valence-corrected chi connectivity index (χ1v) is 8.16. The second-order valence-electron chi connectivity index (χ2n) is 6.86. The summed E-state index contributed by atoms with van der Waals surface area (Å²) in [5.41, 5.74) is 2.95. The zero-order valence-corrected chi connectivity index (χ0v) is 12.1. The van der Waals surface area contributed by atoms with Gasteiger partial charge in [0.2, 0.25) is 0 Å². The monoisotopic (exact) mass is 275 g/mol. The Balaban J connectivity index is 1.34. The van der Waals surface area contributed by atoms with Crippen molar-refractivity contribution in [1.29, 1.82) is 0 Å². The van der Waals surface area contributed by atoms with Gasteiger partial charge >= 0.3 is 0 Å². The molecule has 0 aromatic heterocycles. The minimum Gasteiger partial charge on any atom is -0.313 e. The van der Waals surface area contributed by atoms with Crippen molar-refractivity contribution in [1.82, 2.24) is 5.32 Å². The Bertz CT molecular complexity index is 484. The summed E-state index contributed by atoms with van der Waals surface area (Å²) >= 11 is 6.07. The lowest BCUT2D eigenvalue weighted by Gasteiger charge is -2.24. The van der Waals surface area contributed by atoms with Crippen molar-refractivity contribution < 1.29 is 0 Å². The van der Waals surface area contributed by atoms with Crippen LogP contribution in [-0.4, -0.2) is 12.6 Å². The van der Waals surface area contributed by atoms with E-state index in [1.54, 1.807) is 0 Å². The molecule has 0 amide bonds. The normalized spacial score (nSPS) is 35.8. The van der Waals surface area contributed by atoms with Crippen molar-refractivity contribution in [3.63, 3.8) is 0 Å². The molecule has 1 aromatic rings. The molecule has 0 aliphatic heterocycles. The summed E-state index contributed by atoms with van der Waals surface area (Å²) in [5, 5.41) is 4.71.